The predicted molar refractivity (Wildman–Crippen MR) is 105 cm³/mol. The van der Waals surface area contributed by atoms with E-state index in [1.54, 1.807) is 21.9 Å². The fourth-order valence-corrected chi connectivity index (χ4v) is 3.69. The van der Waals surface area contributed by atoms with E-state index in [0.717, 1.165) is 22.0 Å². The molecule has 0 radical (unpaired) electrons. The number of hydrogen-bond donors (Lipinski definition) is 1. The Hall–Kier alpha value is -3.15. The van der Waals surface area contributed by atoms with Gasteiger partial charge in [0.25, 0.3) is 0 Å². The Morgan fingerprint density at radius 3 is 2.79 bits per heavy atom. The van der Waals surface area contributed by atoms with Crippen molar-refractivity contribution in [3.05, 3.63) is 71.7 Å². The average Bonchev–Trinajstić information content (AvgIpc) is 3.00. The summed E-state index contributed by atoms with van der Waals surface area (Å²) in [7, 11) is 0. The Labute approximate surface area is 162 Å². The van der Waals surface area contributed by atoms with Crippen LogP contribution in [0.5, 0.6) is 0 Å². The highest BCUT2D eigenvalue weighted by Crippen LogP contribution is 2.19. The van der Waals surface area contributed by atoms with Crippen molar-refractivity contribution >= 4 is 22.7 Å². The van der Waals surface area contributed by atoms with Gasteiger partial charge in [-0.15, -0.1) is 0 Å². The molecule has 1 aliphatic rings. The van der Waals surface area contributed by atoms with Crippen molar-refractivity contribution in [1.29, 1.82) is 0 Å². The van der Waals surface area contributed by atoms with Crippen LogP contribution in [-0.2, 0) is 22.6 Å². The minimum absolute atomic E-state index is 0.00773. The maximum atomic E-state index is 13.4. The summed E-state index contributed by atoms with van der Waals surface area (Å²) in [4.78, 5) is 31.9. The molecule has 4 rings (SSSR count). The Morgan fingerprint density at radius 2 is 1.93 bits per heavy atom. The quantitative estimate of drug-likeness (QED) is 0.757. The summed E-state index contributed by atoms with van der Waals surface area (Å²) in [6.45, 7) is 1.72. The first-order valence-corrected chi connectivity index (χ1v) is 9.45. The van der Waals surface area contributed by atoms with Crippen molar-refractivity contribution in [3.63, 3.8) is 0 Å². The molecule has 0 aliphatic carbocycles. The summed E-state index contributed by atoms with van der Waals surface area (Å²) < 4.78 is 13.4. The topological polar surface area (TPSA) is 56.4 Å². The van der Waals surface area contributed by atoms with Gasteiger partial charge in [0.05, 0.1) is 6.42 Å². The van der Waals surface area contributed by atoms with Crippen LogP contribution in [0.3, 0.4) is 0 Å². The van der Waals surface area contributed by atoms with Crippen molar-refractivity contribution in [1.82, 2.24) is 14.8 Å². The summed E-state index contributed by atoms with van der Waals surface area (Å²) in [6.07, 6.45) is 2.47. The van der Waals surface area contributed by atoms with Gasteiger partial charge >= 0.3 is 0 Å². The molecule has 1 aromatic heterocycles. The maximum absolute atomic E-state index is 13.4. The number of fused-ring (bicyclic) bond motifs is 1. The van der Waals surface area contributed by atoms with Crippen LogP contribution in [-0.4, -0.2) is 46.2 Å². The number of para-hydroxylation sites is 1. The average molecular weight is 379 g/mol. The van der Waals surface area contributed by atoms with Crippen LogP contribution in [0.1, 0.15) is 17.5 Å². The number of aromatic amines is 1. The Balaban J connectivity index is 1.41. The molecule has 1 fully saturated rings. The number of H-pyrrole nitrogens is 1. The van der Waals surface area contributed by atoms with Crippen LogP contribution in [0.4, 0.5) is 4.39 Å². The molecule has 0 atom stereocenters. The second-order valence-electron chi connectivity index (χ2n) is 7.11. The van der Waals surface area contributed by atoms with E-state index >= 15 is 0 Å². The van der Waals surface area contributed by atoms with E-state index < -0.39 is 0 Å². The van der Waals surface area contributed by atoms with Gasteiger partial charge in [-0.2, -0.15) is 0 Å². The normalized spacial score (nSPS) is 15.1. The molecule has 0 unspecified atom stereocenters. The lowest BCUT2D eigenvalue weighted by molar-refractivity contribution is -0.130. The molecule has 0 spiro atoms. The van der Waals surface area contributed by atoms with E-state index in [1.165, 1.54) is 12.1 Å². The molecule has 0 saturated carbocycles. The second kappa shape index (κ2) is 7.84. The summed E-state index contributed by atoms with van der Waals surface area (Å²) in [5, 5.41) is 1.05. The molecule has 0 bridgehead atoms. The molecule has 5 nitrogen and oxygen atoms in total. The molecule has 1 aliphatic heterocycles. The van der Waals surface area contributed by atoms with Gasteiger partial charge in [0.1, 0.15) is 5.82 Å². The number of amides is 2. The first-order valence-electron chi connectivity index (χ1n) is 9.45. The summed E-state index contributed by atoms with van der Waals surface area (Å²) in [6, 6.07) is 14.2. The predicted octanol–water partition coefficient (Wildman–Crippen LogP) is 3.11. The molecule has 2 amide bonds. The largest absolute Gasteiger partial charge is 0.361 e. The number of nitrogens with one attached hydrogen (secondary N) is 1. The molecule has 28 heavy (non-hydrogen) atoms. The van der Waals surface area contributed by atoms with Crippen LogP contribution >= 0.6 is 0 Å². The third-order valence-electron chi connectivity index (χ3n) is 5.22. The zero-order chi connectivity index (χ0) is 19.5. The van der Waals surface area contributed by atoms with Gasteiger partial charge in [-0.05, 0) is 29.3 Å². The summed E-state index contributed by atoms with van der Waals surface area (Å²) >= 11 is 0. The first-order chi connectivity index (χ1) is 13.6. The lowest BCUT2D eigenvalue weighted by atomic mass is 10.1. The fraction of sp³-hybridized carbons (Fsp3) is 0.273. The van der Waals surface area contributed by atoms with E-state index in [4.69, 9.17) is 0 Å². The highest BCUT2D eigenvalue weighted by molar-refractivity contribution is 5.89. The van der Waals surface area contributed by atoms with Crippen LogP contribution < -0.4 is 0 Å². The van der Waals surface area contributed by atoms with Gasteiger partial charge < -0.3 is 14.8 Å². The van der Waals surface area contributed by atoms with Gasteiger partial charge in [-0.1, -0.05) is 30.3 Å². The van der Waals surface area contributed by atoms with Gasteiger partial charge in [-0.25, -0.2) is 4.39 Å². The SMILES string of the molecule is O=C(Cc1c[nH]c2ccccc12)N1CCC(=O)N(Cc2cccc(F)c2)CC1. The van der Waals surface area contributed by atoms with E-state index in [0.29, 0.717) is 32.6 Å². The fourth-order valence-electron chi connectivity index (χ4n) is 3.69. The van der Waals surface area contributed by atoms with E-state index in [2.05, 4.69) is 4.98 Å². The monoisotopic (exact) mass is 379 g/mol. The van der Waals surface area contributed by atoms with Crippen LogP contribution in [0.2, 0.25) is 0 Å². The number of carbonyl (C=O) groups excluding carboxylic acids is 2. The van der Waals surface area contributed by atoms with Crippen LogP contribution in [0.15, 0.2) is 54.7 Å². The van der Waals surface area contributed by atoms with Crippen molar-refractivity contribution in [2.24, 2.45) is 0 Å². The Kier molecular flexibility index (Phi) is 5.10. The smallest absolute Gasteiger partial charge is 0.227 e. The van der Waals surface area contributed by atoms with Crippen molar-refractivity contribution in [3.8, 4) is 0 Å². The van der Waals surface area contributed by atoms with E-state index in [1.807, 2.05) is 30.5 Å². The minimum Gasteiger partial charge on any atom is -0.361 e. The molecular weight excluding hydrogens is 357 g/mol. The zero-order valence-corrected chi connectivity index (χ0v) is 15.5. The minimum atomic E-state index is -0.310. The first kappa shape index (κ1) is 18.2. The third-order valence-corrected chi connectivity index (χ3v) is 5.22. The highest BCUT2D eigenvalue weighted by Gasteiger charge is 2.24. The highest BCUT2D eigenvalue weighted by atomic mass is 19.1. The number of carbonyl (C=O) groups is 2. The molecule has 144 valence electrons. The molecule has 1 N–H and O–H groups in total. The standard InChI is InChI=1S/C22H22FN3O2/c23-18-5-3-4-16(12-18)15-26-11-10-25(9-8-21(26)27)22(28)13-17-14-24-20-7-2-1-6-19(17)20/h1-7,12,14,24H,8-11,13,15H2. The second-order valence-corrected chi connectivity index (χ2v) is 7.11. The Morgan fingerprint density at radius 1 is 1.07 bits per heavy atom. The van der Waals surface area contributed by atoms with Crippen molar-refractivity contribution in [2.75, 3.05) is 19.6 Å². The summed E-state index contributed by atoms with van der Waals surface area (Å²) in [5.41, 5.74) is 2.73. The third kappa shape index (κ3) is 3.91. The summed E-state index contributed by atoms with van der Waals surface area (Å²) in [5.74, 6) is -0.299. The van der Waals surface area contributed by atoms with Crippen molar-refractivity contribution < 1.29 is 14.0 Å². The van der Waals surface area contributed by atoms with Gasteiger partial charge in [-0.3, -0.25) is 9.59 Å². The molecule has 3 aromatic rings. The Bertz CT molecular complexity index is 1010. The molecule has 2 heterocycles. The lowest BCUT2D eigenvalue weighted by Gasteiger charge is -2.22. The van der Waals surface area contributed by atoms with Crippen molar-refractivity contribution in [2.45, 2.75) is 19.4 Å². The van der Waals surface area contributed by atoms with Gasteiger partial charge in [0.2, 0.25) is 11.8 Å². The maximum Gasteiger partial charge on any atom is 0.227 e. The number of benzene rings is 2. The molecular formula is C22H22FN3O2. The number of nitrogens with zero attached hydrogens (tertiary/aromatic N) is 2. The van der Waals surface area contributed by atoms with Gasteiger partial charge in [0, 0.05) is 49.7 Å². The lowest BCUT2D eigenvalue weighted by Crippen LogP contribution is -2.36. The van der Waals surface area contributed by atoms with Crippen LogP contribution in [0, 0.1) is 5.82 Å². The molecule has 6 heteroatoms. The van der Waals surface area contributed by atoms with Gasteiger partial charge in [0.15, 0.2) is 0 Å². The molecule has 1 saturated heterocycles. The molecule has 2 aromatic carbocycles. The number of hydrogen-bond acceptors (Lipinski definition) is 2. The zero-order valence-electron chi connectivity index (χ0n) is 15.5. The van der Waals surface area contributed by atoms with E-state index in [9.17, 15) is 14.0 Å². The number of rotatable bonds is 4. The van der Waals surface area contributed by atoms with E-state index in [-0.39, 0.29) is 24.1 Å². The number of halogens is 1. The van der Waals surface area contributed by atoms with Crippen LogP contribution in [0.25, 0.3) is 10.9 Å². The number of aromatic nitrogens is 1.